The maximum atomic E-state index is 12.2. The Hall–Kier alpha value is -2.00. The van der Waals surface area contributed by atoms with Crippen molar-refractivity contribution in [1.29, 1.82) is 0 Å². The summed E-state index contributed by atoms with van der Waals surface area (Å²) >= 11 is 5.90. The summed E-state index contributed by atoms with van der Waals surface area (Å²) in [5, 5.41) is 3.76. The van der Waals surface area contributed by atoms with E-state index in [1.54, 1.807) is 7.11 Å². The number of hydrogen-bond donors (Lipinski definition) is 1. The topological polar surface area (TPSA) is 38.3 Å². The molecule has 1 N–H and O–H groups in total. The van der Waals surface area contributed by atoms with Gasteiger partial charge < -0.3 is 10.1 Å². The van der Waals surface area contributed by atoms with Crippen molar-refractivity contribution in [2.45, 2.75) is 25.8 Å². The predicted octanol–water partition coefficient (Wildman–Crippen LogP) is 4.16. The third-order valence-electron chi connectivity index (χ3n) is 3.51. The fourth-order valence-electron chi connectivity index (χ4n) is 2.33. The van der Waals surface area contributed by atoms with Gasteiger partial charge in [0.2, 0.25) is 5.91 Å². The number of amides is 1. The molecule has 22 heavy (non-hydrogen) atoms. The molecule has 1 atom stereocenters. The number of ether oxygens (including phenoxy) is 1. The molecule has 0 saturated heterocycles. The van der Waals surface area contributed by atoms with Crippen LogP contribution < -0.4 is 10.1 Å². The summed E-state index contributed by atoms with van der Waals surface area (Å²) in [6, 6.07) is 15.1. The second-order valence-corrected chi connectivity index (χ2v) is 5.54. The average molecular weight is 318 g/mol. The lowest BCUT2D eigenvalue weighted by molar-refractivity contribution is -0.121. The molecule has 0 aliphatic heterocycles. The van der Waals surface area contributed by atoms with E-state index in [-0.39, 0.29) is 11.9 Å². The normalized spacial score (nSPS) is 11.8. The minimum absolute atomic E-state index is 0.00428. The first-order chi connectivity index (χ1) is 10.6. The molecule has 2 rings (SSSR count). The van der Waals surface area contributed by atoms with E-state index in [1.807, 2.05) is 55.5 Å². The van der Waals surface area contributed by atoms with Crippen LogP contribution in [0.5, 0.6) is 5.75 Å². The summed E-state index contributed by atoms with van der Waals surface area (Å²) in [4.78, 5) is 12.2. The maximum absolute atomic E-state index is 12.2. The van der Waals surface area contributed by atoms with Crippen molar-refractivity contribution in [3.8, 4) is 5.75 Å². The van der Waals surface area contributed by atoms with Crippen LogP contribution in [-0.2, 0) is 11.2 Å². The molecule has 0 aliphatic rings. The molecule has 0 fully saturated rings. The molecule has 0 aromatic heterocycles. The molecule has 0 bridgehead atoms. The van der Waals surface area contributed by atoms with E-state index in [0.717, 1.165) is 23.3 Å². The molecule has 0 spiro atoms. The molecule has 116 valence electrons. The smallest absolute Gasteiger partial charge is 0.224 e. The first-order valence-corrected chi connectivity index (χ1v) is 7.68. The first kappa shape index (κ1) is 16.4. The molecule has 2 aromatic carbocycles. The molecule has 4 heteroatoms. The van der Waals surface area contributed by atoms with Gasteiger partial charge in [0.1, 0.15) is 5.75 Å². The summed E-state index contributed by atoms with van der Waals surface area (Å²) < 4.78 is 5.17. The van der Waals surface area contributed by atoms with Gasteiger partial charge in [0.15, 0.2) is 0 Å². The van der Waals surface area contributed by atoms with Crippen LogP contribution in [0.2, 0.25) is 5.02 Å². The van der Waals surface area contributed by atoms with E-state index in [4.69, 9.17) is 16.3 Å². The highest BCUT2D eigenvalue weighted by molar-refractivity contribution is 6.30. The van der Waals surface area contributed by atoms with Gasteiger partial charge in [-0.2, -0.15) is 0 Å². The van der Waals surface area contributed by atoms with Crippen molar-refractivity contribution in [1.82, 2.24) is 5.32 Å². The molecule has 1 unspecified atom stereocenters. The van der Waals surface area contributed by atoms with E-state index in [2.05, 4.69) is 5.32 Å². The molecular formula is C18H20ClNO2. The predicted molar refractivity (Wildman–Crippen MR) is 89.3 cm³/mol. The zero-order valence-corrected chi connectivity index (χ0v) is 13.6. The van der Waals surface area contributed by atoms with Crippen LogP contribution in [0.25, 0.3) is 0 Å². The molecule has 0 aliphatic carbocycles. The van der Waals surface area contributed by atoms with Crippen molar-refractivity contribution >= 4 is 17.5 Å². The number of carbonyl (C=O) groups is 1. The lowest BCUT2D eigenvalue weighted by Crippen LogP contribution is -2.29. The van der Waals surface area contributed by atoms with Gasteiger partial charge in [0, 0.05) is 5.02 Å². The molecule has 1 amide bonds. The number of halogens is 1. The highest BCUT2D eigenvalue weighted by Gasteiger charge is 2.13. The Morgan fingerprint density at radius 1 is 1.23 bits per heavy atom. The SMILES string of the molecule is CCC(NC(=O)Cc1cccc(OC)c1)c1ccc(Cl)cc1. The Bertz CT molecular complexity index is 625. The van der Waals surface area contributed by atoms with Gasteiger partial charge in [-0.15, -0.1) is 0 Å². The number of nitrogens with one attached hydrogen (secondary N) is 1. The van der Waals surface area contributed by atoms with E-state index in [0.29, 0.717) is 11.4 Å². The molecule has 2 aromatic rings. The van der Waals surface area contributed by atoms with Gasteiger partial charge in [-0.3, -0.25) is 4.79 Å². The quantitative estimate of drug-likeness (QED) is 0.868. The summed E-state index contributed by atoms with van der Waals surface area (Å²) in [5.74, 6) is 0.755. The van der Waals surface area contributed by atoms with Gasteiger partial charge in [-0.25, -0.2) is 0 Å². The van der Waals surface area contributed by atoms with Gasteiger partial charge in [-0.1, -0.05) is 42.8 Å². The largest absolute Gasteiger partial charge is 0.497 e. The lowest BCUT2D eigenvalue weighted by atomic mass is 10.0. The lowest BCUT2D eigenvalue weighted by Gasteiger charge is -2.17. The number of hydrogen-bond acceptors (Lipinski definition) is 2. The maximum Gasteiger partial charge on any atom is 0.224 e. The number of methoxy groups -OCH3 is 1. The van der Waals surface area contributed by atoms with Crippen LogP contribution in [0.4, 0.5) is 0 Å². The van der Waals surface area contributed by atoms with Crippen LogP contribution in [0, 0.1) is 0 Å². The second kappa shape index (κ2) is 7.85. The Morgan fingerprint density at radius 3 is 2.59 bits per heavy atom. The molecule has 3 nitrogen and oxygen atoms in total. The van der Waals surface area contributed by atoms with Gasteiger partial charge in [0.05, 0.1) is 19.6 Å². The van der Waals surface area contributed by atoms with E-state index < -0.39 is 0 Å². The third kappa shape index (κ3) is 4.50. The van der Waals surface area contributed by atoms with Crippen molar-refractivity contribution in [3.63, 3.8) is 0 Å². The second-order valence-electron chi connectivity index (χ2n) is 5.11. The Balaban J connectivity index is 2.01. The summed E-state index contributed by atoms with van der Waals surface area (Å²) in [7, 11) is 1.62. The van der Waals surface area contributed by atoms with Crippen LogP contribution in [0.1, 0.15) is 30.5 Å². The van der Waals surface area contributed by atoms with Crippen LogP contribution in [0.3, 0.4) is 0 Å². The summed E-state index contributed by atoms with van der Waals surface area (Å²) in [6.07, 6.45) is 1.16. The number of carbonyl (C=O) groups excluding carboxylic acids is 1. The zero-order valence-electron chi connectivity index (χ0n) is 12.8. The molecular weight excluding hydrogens is 298 g/mol. The minimum atomic E-state index is -0.00458. The van der Waals surface area contributed by atoms with Crippen LogP contribution >= 0.6 is 11.6 Å². The molecule has 0 heterocycles. The Labute approximate surface area is 136 Å². The standard InChI is InChI=1S/C18H20ClNO2/c1-3-17(14-7-9-15(19)10-8-14)20-18(21)12-13-5-4-6-16(11-13)22-2/h4-11,17H,3,12H2,1-2H3,(H,20,21). The molecule has 0 saturated carbocycles. The number of rotatable bonds is 6. The van der Waals surface area contributed by atoms with E-state index in [1.165, 1.54) is 0 Å². The minimum Gasteiger partial charge on any atom is -0.497 e. The van der Waals surface area contributed by atoms with Gasteiger partial charge in [-0.05, 0) is 41.8 Å². The van der Waals surface area contributed by atoms with E-state index in [9.17, 15) is 4.79 Å². The van der Waals surface area contributed by atoms with Crippen LogP contribution in [0.15, 0.2) is 48.5 Å². The monoisotopic (exact) mass is 317 g/mol. The average Bonchev–Trinajstić information content (AvgIpc) is 2.53. The highest BCUT2D eigenvalue weighted by Crippen LogP contribution is 2.19. The van der Waals surface area contributed by atoms with Crippen molar-refractivity contribution < 1.29 is 9.53 Å². The zero-order chi connectivity index (χ0) is 15.9. The summed E-state index contributed by atoms with van der Waals surface area (Å²) in [6.45, 7) is 2.05. The Morgan fingerprint density at radius 2 is 1.95 bits per heavy atom. The third-order valence-corrected chi connectivity index (χ3v) is 3.77. The van der Waals surface area contributed by atoms with Crippen molar-refractivity contribution in [2.75, 3.05) is 7.11 Å². The van der Waals surface area contributed by atoms with Gasteiger partial charge >= 0.3 is 0 Å². The fourth-order valence-corrected chi connectivity index (χ4v) is 2.46. The van der Waals surface area contributed by atoms with Crippen LogP contribution in [-0.4, -0.2) is 13.0 Å². The van der Waals surface area contributed by atoms with E-state index >= 15 is 0 Å². The fraction of sp³-hybridized carbons (Fsp3) is 0.278. The van der Waals surface area contributed by atoms with Gasteiger partial charge in [0.25, 0.3) is 0 Å². The summed E-state index contributed by atoms with van der Waals surface area (Å²) in [5.41, 5.74) is 1.99. The highest BCUT2D eigenvalue weighted by atomic mass is 35.5. The Kier molecular flexibility index (Phi) is 5.84. The first-order valence-electron chi connectivity index (χ1n) is 7.30. The number of benzene rings is 2. The van der Waals surface area contributed by atoms with Crippen molar-refractivity contribution in [3.05, 3.63) is 64.7 Å². The molecule has 0 radical (unpaired) electrons. The van der Waals surface area contributed by atoms with Crippen molar-refractivity contribution in [2.24, 2.45) is 0 Å².